The highest BCUT2D eigenvalue weighted by atomic mass is 16.6. The molecule has 1 aliphatic heterocycles. The van der Waals surface area contributed by atoms with Crippen molar-refractivity contribution in [3.63, 3.8) is 0 Å². The van der Waals surface area contributed by atoms with Crippen LogP contribution in [0.1, 0.15) is 0 Å². The first-order chi connectivity index (χ1) is 7.93. The van der Waals surface area contributed by atoms with Crippen LogP contribution >= 0.6 is 0 Å². The highest BCUT2D eigenvalue weighted by molar-refractivity contribution is 6.41. The molecule has 1 heterocycles. The van der Waals surface area contributed by atoms with Gasteiger partial charge in [0.2, 0.25) is 0 Å². The minimum Gasteiger partial charge on any atom is -0.427 e. The van der Waals surface area contributed by atoms with Gasteiger partial charge in [-0.2, -0.15) is 0 Å². The number of hydrogen-bond donors (Lipinski definition) is 6. The minimum atomic E-state index is -1.59. The van der Waals surface area contributed by atoms with Crippen molar-refractivity contribution in [2.24, 2.45) is 0 Å². The molecule has 0 saturated carbocycles. The van der Waals surface area contributed by atoms with Gasteiger partial charge in [0.05, 0.1) is 6.61 Å². The Morgan fingerprint density at radius 2 is 1.65 bits per heavy atom. The molecule has 6 N–H and O–H groups in total. The highest BCUT2D eigenvalue weighted by Gasteiger charge is 2.42. The molecular formula is C8H17BO8. The Morgan fingerprint density at radius 1 is 1.00 bits per heavy atom. The van der Waals surface area contributed by atoms with E-state index in [2.05, 4.69) is 0 Å². The summed E-state index contributed by atoms with van der Waals surface area (Å²) in [5.41, 5.74) is 0. The van der Waals surface area contributed by atoms with Crippen molar-refractivity contribution >= 4 is 7.12 Å². The van der Waals surface area contributed by atoms with Crippen molar-refractivity contribution in [3.05, 3.63) is 0 Å². The number of ether oxygens (including phenoxy) is 2. The summed E-state index contributed by atoms with van der Waals surface area (Å²) in [6, 6.07) is 0. The summed E-state index contributed by atoms with van der Waals surface area (Å²) in [6.45, 7) is -0.117. The standard InChI is InChI=1S/C8H17BO8/c10-5-4(3-16-2-1-9(14)15)17-8(13)7(12)6(5)11/h4-8,10-15H,1-3H2/t4-,5+,6+,7-,8?/m0/s1. The van der Waals surface area contributed by atoms with E-state index in [0.29, 0.717) is 0 Å². The lowest BCUT2D eigenvalue weighted by atomic mass is 9.87. The van der Waals surface area contributed by atoms with E-state index in [1.54, 1.807) is 0 Å². The number of aliphatic hydroxyl groups excluding tert-OH is 4. The quantitative estimate of drug-likeness (QED) is 0.217. The molecule has 1 unspecified atom stereocenters. The van der Waals surface area contributed by atoms with Gasteiger partial charge < -0.3 is 39.9 Å². The fourth-order valence-electron chi connectivity index (χ4n) is 1.46. The molecule has 1 aliphatic rings. The average molecular weight is 252 g/mol. The van der Waals surface area contributed by atoms with E-state index >= 15 is 0 Å². The Labute approximate surface area is 98.2 Å². The smallest absolute Gasteiger partial charge is 0.427 e. The van der Waals surface area contributed by atoms with Crippen molar-refractivity contribution in [1.82, 2.24) is 0 Å². The molecule has 0 spiro atoms. The lowest BCUT2D eigenvalue weighted by Gasteiger charge is -2.38. The van der Waals surface area contributed by atoms with Crippen LogP contribution in [0.25, 0.3) is 0 Å². The summed E-state index contributed by atoms with van der Waals surface area (Å²) in [4.78, 5) is 0. The Morgan fingerprint density at radius 3 is 2.24 bits per heavy atom. The molecular weight excluding hydrogens is 235 g/mol. The summed E-state index contributed by atoms with van der Waals surface area (Å²) >= 11 is 0. The molecule has 0 amide bonds. The molecule has 9 heteroatoms. The normalized spacial score (nSPS) is 38.1. The predicted octanol–water partition coefficient (Wildman–Crippen LogP) is -3.72. The van der Waals surface area contributed by atoms with Crippen LogP contribution in [-0.2, 0) is 9.47 Å². The molecule has 0 aromatic carbocycles. The zero-order valence-corrected chi connectivity index (χ0v) is 9.09. The Kier molecular flexibility index (Phi) is 5.76. The SMILES string of the molecule is OB(O)CCOC[C@@H]1OC(O)[C@@H](O)[C@H](O)[C@@H]1O. The maximum absolute atomic E-state index is 9.51. The maximum atomic E-state index is 9.51. The van der Waals surface area contributed by atoms with Crippen LogP contribution in [0, 0.1) is 0 Å². The van der Waals surface area contributed by atoms with E-state index in [4.69, 9.17) is 19.5 Å². The molecule has 5 atom stereocenters. The van der Waals surface area contributed by atoms with E-state index in [-0.39, 0.29) is 19.5 Å². The number of aliphatic hydroxyl groups is 4. The van der Waals surface area contributed by atoms with Gasteiger partial charge in [0, 0.05) is 12.9 Å². The van der Waals surface area contributed by atoms with Crippen molar-refractivity contribution in [3.8, 4) is 0 Å². The second kappa shape index (κ2) is 6.62. The third-order valence-corrected chi connectivity index (χ3v) is 2.49. The van der Waals surface area contributed by atoms with Crippen molar-refractivity contribution in [1.29, 1.82) is 0 Å². The second-order valence-corrected chi connectivity index (χ2v) is 3.88. The van der Waals surface area contributed by atoms with Gasteiger partial charge in [0.1, 0.15) is 24.4 Å². The van der Waals surface area contributed by atoms with E-state index < -0.39 is 37.8 Å². The molecule has 17 heavy (non-hydrogen) atoms. The molecule has 1 saturated heterocycles. The number of hydrogen-bond acceptors (Lipinski definition) is 8. The van der Waals surface area contributed by atoms with E-state index in [1.807, 2.05) is 0 Å². The first-order valence-corrected chi connectivity index (χ1v) is 5.25. The predicted molar refractivity (Wildman–Crippen MR) is 54.7 cm³/mol. The van der Waals surface area contributed by atoms with E-state index in [0.717, 1.165) is 0 Å². The Hall–Kier alpha value is -0.255. The van der Waals surface area contributed by atoms with Crippen LogP contribution in [0.15, 0.2) is 0 Å². The van der Waals surface area contributed by atoms with Gasteiger partial charge in [-0.1, -0.05) is 0 Å². The average Bonchev–Trinajstić information content (AvgIpc) is 2.27. The Bertz CT molecular complexity index is 228. The molecule has 1 fully saturated rings. The van der Waals surface area contributed by atoms with Gasteiger partial charge in [0.25, 0.3) is 0 Å². The molecule has 100 valence electrons. The van der Waals surface area contributed by atoms with Crippen LogP contribution in [0.3, 0.4) is 0 Å². The topological polar surface area (TPSA) is 140 Å². The second-order valence-electron chi connectivity index (χ2n) is 3.88. The largest absolute Gasteiger partial charge is 0.453 e. The molecule has 0 aromatic heterocycles. The summed E-state index contributed by atoms with van der Waals surface area (Å²) < 4.78 is 9.81. The van der Waals surface area contributed by atoms with Crippen LogP contribution in [0.2, 0.25) is 6.32 Å². The van der Waals surface area contributed by atoms with Gasteiger partial charge in [0.15, 0.2) is 6.29 Å². The molecule has 0 aliphatic carbocycles. The van der Waals surface area contributed by atoms with Crippen LogP contribution in [0.4, 0.5) is 0 Å². The van der Waals surface area contributed by atoms with Crippen LogP contribution in [-0.4, -0.2) is 81.5 Å². The van der Waals surface area contributed by atoms with Crippen molar-refractivity contribution < 1.29 is 39.9 Å². The van der Waals surface area contributed by atoms with Gasteiger partial charge in [-0.05, 0) is 0 Å². The zero-order valence-electron chi connectivity index (χ0n) is 9.09. The molecule has 0 bridgehead atoms. The Balaban J connectivity index is 2.33. The number of rotatable bonds is 5. The molecule has 1 rings (SSSR count). The van der Waals surface area contributed by atoms with Gasteiger partial charge >= 0.3 is 7.12 Å². The van der Waals surface area contributed by atoms with Gasteiger partial charge in [-0.25, -0.2) is 0 Å². The van der Waals surface area contributed by atoms with Crippen LogP contribution < -0.4 is 0 Å². The van der Waals surface area contributed by atoms with Crippen molar-refractivity contribution in [2.75, 3.05) is 13.2 Å². The summed E-state index contributed by atoms with van der Waals surface area (Å²) in [5.74, 6) is 0. The summed E-state index contributed by atoms with van der Waals surface area (Å²) in [7, 11) is -1.48. The minimum absolute atomic E-state index is 0.00343. The first-order valence-electron chi connectivity index (χ1n) is 5.25. The lowest BCUT2D eigenvalue weighted by molar-refractivity contribution is -0.288. The van der Waals surface area contributed by atoms with Gasteiger partial charge in [-0.15, -0.1) is 0 Å². The first kappa shape index (κ1) is 14.8. The van der Waals surface area contributed by atoms with Crippen LogP contribution in [0.5, 0.6) is 0 Å². The summed E-state index contributed by atoms with van der Waals surface area (Å²) in [5, 5.41) is 54.3. The zero-order chi connectivity index (χ0) is 13.0. The van der Waals surface area contributed by atoms with Gasteiger partial charge in [-0.3, -0.25) is 0 Å². The fraction of sp³-hybridized carbons (Fsp3) is 1.00. The highest BCUT2D eigenvalue weighted by Crippen LogP contribution is 2.19. The van der Waals surface area contributed by atoms with Crippen molar-refractivity contribution in [2.45, 2.75) is 37.0 Å². The summed E-state index contributed by atoms with van der Waals surface area (Å²) in [6.07, 6.45) is -7.05. The molecule has 0 radical (unpaired) electrons. The molecule has 8 nitrogen and oxygen atoms in total. The third-order valence-electron chi connectivity index (χ3n) is 2.49. The van der Waals surface area contributed by atoms with E-state index in [1.165, 1.54) is 0 Å². The molecule has 0 aromatic rings. The van der Waals surface area contributed by atoms with E-state index in [9.17, 15) is 20.4 Å². The third kappa shape index (κ3) is 4.16. The lowest BCUT2D eigenvalue weighted by Crippen LogP contribution is -2.58. The maximum Gasteiger partial charge on any atom is 0.453 e. The monoisotopic (exact) mass is 252 g/mol. The fourth-order valence-corrected chi connectivity index (χ4v) is 1.46.